The molecule has 8 nitrogen and oxygen atoms in total. The van der Waals surface area contributed by atoms with Crippen LogP contribution in [0.15, 0.2) is 4.42 Å². The number of nitrogens with zero attached hydrogens (tertiary/aromatic N) is 2. The Balaban J connectivity index is 1.84. The molecule has 0 aliphatic heterocycles. The van der Waals surface area contributed by atoms with Crippen LogP contribution in [0.3, 0.4) is 0 Å². The Morgan fingerprint density at radius 2 is 1.96 bits per heavy atom. The largest absolute Gasteiger partial charge is 0.462 e. The van der Waals surface area contributed by atoms with Crippen LogP contribution in [0, 0.1) is 12.3 Å². The molecule has 0 bridgehead atoms. The third-order valence-electron chi connectivity index (χ3n) is 4.32. The molecule has 140 valence electrons. The molecule has 10 heteroatoms. The Morgan fingerprint density at radius 3 is 2.54 bits per heavy atom. The Labute approximate surface area is 158 Å². The topological polar surface area (TPSA) is 118 Å². The molecule has 0 spiro atoms. The molecule has 1 unspecified atom stereocenters. The molecule has 26 heavy (non-hydrogen) atoms. The number of furan rings is 1. The molecule has 1 aliphatic rings. The maximum absolute atomic E-state index is 12.1. The van der Waals surface area contributed by atoms with Gasteiger partial charge in [0.2, 0.25) is 5.71 Å². The second kappa shape index (κ2) is 6.28. The highest BCUT2D eigenvalue weighted by atomic mass is 35.5. The minimum atomic E-state index is -1.12. The van der Waals surface area contributed by atoms with E-state index in [9.17, 15) is 9.59 Å². The van der Waals surface area contributed by atoms with Gasteiger partial charge in [-0.1, -0.05) is 0 Å². The van der Waals surface area contributed by atoms with E-state index in [2.05, 4.69) is 9.97 Å². The number of nitrogen functional groups attached to an aromatic ring is 1. The lowest BCUT2D eigenvalue weighted by molar-refractivity contribution is -0.151. The van der Waals surface area contributed by atoms with Gasteiger partial charge >= 0.3 is 11.9 Å². The zero-order valence-electron chi connectivity index (χ0n) is 14.4. The summed E-state index contributed by atoms with van der Waals surface area (Å²) in [4.78, 5) is 32.5. The van der Waals surface area contributed by atoms with Gasteiger partial charge in [-0.2, -0.15) is 4.98 Å². The average Bonchev–Trinajstić information content (AvgIpc) is 2.90. The van der Waals surface area contributed by atoms with Crippen molar-refractivity contribution in [1.82, 2.24) is 9.97 Å². The summed E-state index contributed by atoms with van der Waals surface area (Å²) in [5.74, 6) is -0.643. The van der Waals surface area contributed by atoms with Crippen molar-refractivity contribution in [3.05, 3.63) is 17.1 Å². The molecule has 1 atom stereocenters. The zero-order chi connectivity index (χ0) is 19.3. The van der Waals surface area contributed by atoms with Crippen molar-refractivity contribution in [1.29, 1.82) is 0 Å². The number of rotatable bonds is 5. The number of carbonyl (C=O) groups excluding carboxylic acids is 2. The Hall–Kier alpha value is -2.06. The van der Waals surface area contributed by atoms with Crippen molar-refractivity contribution >= 4 is 52.1 Å². The minimum absolute atomic E-state index is 0.0302. The summed E-state index contributed by atoms with van der Waals surface area (Å²) < 4.78 is 14.6. The molecular weight excluding hydrogens is 385 g/mol. The third-order valence-corrected chi connectivity index (χ3v) is 5.42. The van der Waals surface area contributed by atoms with E-state index >= 15 is 0 Å². The van der Waals surface area contributed by atoms with Crippen molar-refractivity contribution < 1.29 is 23.5 Å². The average molecular weight is 402 g/mol. The maximum Gasteiger partial charge on any atom is 0.342 e. The molecule has 0 aromatic carbocycles. The van der Waals surface area contributed by atoms with Gasteiger partial charge in [0.15, 0.2) is 12.4 Å². The van der Waals surface area contributed by atoms with Crippen LogP contribution < -0.4 is 5.73 Å². The number of alkyl halides is 2. The smallest absolute Gasteiger partial charge is 0.342 e. The van der Waals surface area contributed by atoms with E-state index in [1.54, 1.807) is 20.8 Å². The van der Waals surface area contributed by atoms with Crippen LogP contribution >= 0.6 is 23.2 Å². The van der Waals surface area contributed by atoms with E-state index in [-0.39, 0.29) is 41.5 Å². The van der Waals surface area contributed by atoms with E-state index in [1.165, 1.54) is 0 Å². The van der Waals surface area contributed by atoms with E-state index in [1.807, 2.05) is 0 Å². The summed E-state index contributed by atoms with van der Waals surface area (Å²) in [6.07, 6.45) is 0.310. The molecule has 2 heterocycles. The summed E-state index contributed by atoms with van der Waals surface area (Å²) in [5.41, 5.74) is 5.30. The summed E-state index contributed by atoms with van der Waals surface area (Å²) in [7, 11) is 0. The Kier molecular flexibility index (Phi) is 4.52. The molecular formula is C16H17Cl2N3O5. The van der Waals surface area contributed by atoms with E-state index in [0.29, 0.717) is 12.2 Å². The molecule has 3 rings (SSSR count). The molecule has 0 radical (unpaired) electrons. The fourth-order valence-corrected chi connectivity index (χ4v) is 3.30. The van der Waals surface area contributed by atoms with E-state index in [4.69, 9.17) is 42.8 Å². The van der Waals surface area contributed by atoms with Crippen LogP contribution in [0.5, 0.6) is 0 Å². The van der Waals surface area contributed by atoms with E-state index < -0.39 is 21.7 Å². The summed E-state index contributed by atoms with van der Waals surface area (Å²) in [6, 6.07) is 0. The number of anilines is 1. The predicted octanol–water partition coefficient (Wildman–Crippen LogP) is 2.92. The fraction of sp³-hybridized carbons (Fsp3) is 0.500. The molecule has 1 aliphatic carbocycles. The van der Waals surface area contributed by atoms with Crippen LogP contribution in [-0.4, -0.2) is 32.8 Å². The van der Waals surface area contributed by atoms with Crippen molar-refractivity contribution in [2.45, 2.75) is 38.1 Å². The highest BCUT2D eigenvalue weighted by Crippen LogP contribution is 2.64. The van der Waals surface area contributed by atoms with Gasteiger partial charge in [-0.15, -0.1) is 23.2 Å². The van der Waals surface area contributed by atoms with Gasteiger partial charge in [-0.3, -0.25) is 4.79 Å². The number of halogens is 2. The normalized spacial score (nSPS) is 20.8. The van der Waals surface area contributed by atoms with E-state index in [0.717, 1.165) is 0 Å². The Morgan fingerprint density at radius 1 is 1.31 bits per heavy atom. The first kappa shape index (κ1) is 18.7. The highest BCUT2D eigenvalue weighted by Gasteiger charge is 2.69. The Bertz CT molecular complexity index is 911. The molecule has 2 N–H and O–H groups in total. The van der Waals surface area contributed by atoms with Crippen LogP contribution in [0.25, 0.3) is 11.1 Å². The first-order valence-corrected chi connectivity index (χ1v) is 8.64. The summed E-state index contributed by atoms with van der Waals surface area (Å²) >= 11 is 11.9. The predicted molar refractivity (Wildman–Crippen MR) is 93.9 cm³/mol. The molecule has 2 aromatic heterocycles. The van der Waals surface area contributed by atoms with Crippen molar-refractivity contribution in [2.24, 2.45) is 5.41 Å². The number of hydrogen-bond acceptors (Lipinski definition) is 8. The molecule has 0 amide bonds. The zero-order valence-corrected chi connectivity index (χ0v) is 15.9. The number of aromatic nitrogens is 2. The second-order valence-corrected chi connectivity index (χ2v) is 7.73. The number of aryl methyl sites for hydroxylation is 1. The van der Waals surface area contributed by atoms with Gasteiger partial charge in [-0.05, 0) is 20.8 Å². The second-order valence-electron chi connectivity index (χ2n) is 6.25. The minimum Gasteiger partial charge on any atom is -0.462 e. The number of nitrogens with two attached hydrogens (primary N) is 1. The fourth-order valence-electron chi connectivity index (χ4n) is 2.61. The van der Waals surface area contributed by atoms with Crippen LogP contribution in [0.1, 0.15) is 42.2 Å². The molecule has 1 fully saturated rings. The number of hydrogen-bond donors (Lipinski definition) is 1. The van der Waals surface area contributed by atoms with Gasteiger partial charge in [0.05, 0.1) is 12.0 Å². The van der Waals surface area contributed by atoms with Crippen LogP contribution in [0.2, 0.25) is 0 Å². The molecule has 1 saturated carbocycles. The highest BCUT2D eigenvalue weighted by molar-refractivity contribution is 6.53. The first-order chi connectivity index (χ1) is 12.1. The quantitative estimate of drug-likeness (QED) is 0.599. The number of esters is 2. The summed E-state index contributed by atoms with van der Waals surface area (Å²) in [5, 5.41) is 0.269. The van der Waals surface area contributed by atoms with Crippen molar-refractivity contribution in [3.8, 4) is 0 Å². The molecule has 0 saturated heterocycles. The number of carbonyl (C=O) groups is 2. The standard InChI is InChI=1S/C16H17Cl2N3O5/c1-4-24-13(22)9-7(2)26-12-10(9)11(19)20-8(21-12)5-25-14(23)15(3)6-16(15,17)18/h4-6H2,1-3H3,(H2,19,20,21). The molecule has 2 aromatic rings. The van der Waals surface area contributed by atoms with Gasteiger partial charge in [0.1, 0.15) is 26.9 Å². The first-order valence-electron chi connectivity index (χ1n) is 7.88. The lowest BCUT2D eigenvalue weighted by Gasteiger charge is -2.11. The lowest BCUT2D eigenvalue weighted by Crippen LogP contribution is -2.21. The van der Waals surface area contributed by atoms with Gasteiger partial charge in [0, 0.05) is 6.42 Å². The van der Waals surface area contributed by atoms with Crippen LogP contribution in [0.4, 0.5) is 5.82 Å². The van der Waals surface area contributed by atoms with Crippen molar-refractivity contribution in [3.63, 3.8) is 0 Å². The monoisotopic (exact) mass is 401 g/mol. The SMILES string of the molecule is CCOC(=O)c1c(C)oc2nc(COC(=O)C3(C)CC3(Cl)Cl)nc(N)c12. The maximum atomic E-state index is 12.1. The lowest BCUT2D eigenvalue weighted by atomic mass is 10.1. The van der Waals surface area contributed by atoms with Crippen molar-refractivity contribution in [2.75, 3.05) is 12.3 Å². The summed E-state index contributed by atoms with van der Waals surface area (Å²) in [6.45, 7) is 4.89. The van der Waals surface area contributed by atoms with Gasteiger partial charge < -0.3 is 19.6 Å². The van der Waals surface area contributed by atoms with Gasteiger partial charge in [0.25, 0.3) is 0 Å². The number of fused-ring (bicyclic) bond motifs is 1. The van der Waals surface area contributed by atoms with Crippen LogP contribution in [-0.2, 0) is 20.9 Å². The van der Waals surface area contributed by atoms with Gasteiger partial charge in [-0.25, -0.2) is 9.78 Å². The number of ether oxygens (including phenoxy) is 2. The third kappa shape index (κ3) is 2.97.